The predicted molar refractivity (Wildman–Crippen MR) is 113 cm³/mol. The van der Waals surface area contributed by atoms with Crippen molar-refractivity contribution in [3.63, 3.8) is 0 Å². The molecule has 1 aromatic heterocycles. The lowest BCUT2D eigenvalue weighted by atomic mass is 10.0. The molecule has 2 N–H and O–H groups in total. The van der Waals surface area contributed by atoms with Crippen LogP contribution < -0.4 is 20.4 Å². The molecule has 2 aliphatic rings. The van der Waals surface area contributed by atoms with Crippen LogP contribution >= 0.6 is 0 Å². The van der Waals surface area contributed by atoms with Crippen LogP contribution in [0, 0.1) is 11.7 Å². The molecule has 0 amide bonds. The van der Waals surface area contributed by atoms with Gasteiger partial charge in [0.15, 0.2) is 11.6 Å². The largest absolute Gasteiger partial charge is 0.492 e. The Balaban J connectivity index is 1.87. The Bertz CT molecular complexity index is 1050. The highest BCUT2D eigenvalue weighted by Gasteiger charge is 2.34. The topological polar surface area (TPSA) is 83.8 Å². The molecular weight excluding hydrogens is 389 g/mol. The first-order chi connectivity index (χ1) is 14.4. The van der Waals surface area contributed by atoms with Gasteiger partial charge in [-0.05, 0) is 44.7 Å². The Morgan fingerprint density at radius 2 is 2.13 bits per heavy atom. The smallest absolute Gasteiger partial charge is 0.341 e. The fourth-order valence-electron chi connectivity index (χ4n) is 4.61. The second-order valence-electron chi connectivity index (χ2n) is 8.29. The first-order valence-corrected chi connectivity index (χ1v) is 10.5. The zero-order valence-corrected chi connectivity index (χ0v) is 17.6. The summed E-state index contributed by atoms with van der Waals surface area (Å²) in [5.74, 6) is -1.18. The van der Waals surface area contributed by atoms with E-state index in [-0.39, 0.29) is 17.0 Å². The van der Waals surface area contributed by atoms with Gasteiger partial charge in [0.25, 0.3) is 0 Å². The molecule has 162 valence electrons. The van der Waals surface area contributed by atoms with Crippen molar-refractivity contribution in [1.29, 1.82) is 0 Å². The van der Waals surface area contributed by atoms with Crippen molar-refractivity contribution in [2.45, 2.75) is 45.2 Å². The molecule has 1 saturated carbocycles. The van der Waals surface area contributed by atoms with Crippen LogP contribution in [0.5, 0.6) is 5.75 Å². The maximum absolute atomic E-state index is 15.3. The zero-order valence-electron chi connectivity index (χ0n) is 17.6. The summed E-state index contributed by atoms with van der Waals surface area (Å²) in [6.45, 7) is 6.47. The fourth-order valence-corrected chi connectivity index (χ4v) is 4.61. The Labute approximate surface area is 174 Å². The maximum Gasteiger partial charge on any atom is 0.341 e. The molecule has 4 rings (SSSR count). The van der Waals surface area contributed by atoms with Gasteiger partial charge in [0.2, 0.25) is 5.43 Å². The summed E-state index contributed by atoms with van der Waals surface area (Å²) >= 11 is 0. The van der Waals surface area contributed by atoms with E-state index >= 15 is 4.39 Å². The molecule has 2 unspecified atom stereocenters. The highest BCUT2D eigenvalue weighted by molar-refractivity contribution is 5.97. The lowest BCUT2D eigenvalue weighted by Gasteiger charge is -2.26. The normalized spacial score (nSPS) is 20.0. The van der Waals surface area contributed by atoms with E-state index in [0.717, 1.165) is 25.8 Å². The molecule has 30 heavy (non-hydrogen) atoms. The number of nitrogens with zero attached hydrogens (tertiary/aromatic N) is 2. The number of ether oxygens (including phenoxy) is 1. The van der Waals surface area contributed by atoms with Crippen LogP contribution in [0.1, 0.15) is 49.5 Å². The Hall–Kier alpha value is -2.61. The number of carboxylic acids is 1. The second kappa shape index (κ2) is 7.91. The van der Waals surface area contributed by atoms with Crippen LogP contribution in [0.4, 0.5) is 10.1 Å². The van der Waals surface area contributed by atoms with E-state index in [0.29, 0.717) is 42.0 Å². The van der Waals surface area contributed by atoms with Crippen LogP contribution in [0.25, 0.3) is 10.9 Å². The molecule has 0 radical (unpaired) electrons. The number of aromatic carboxylic acids is 1. The maximum atomic E-state index is 15.3. The monoisotopic (exact) mass is 417 g/mol. The van der Waals surface area contributed by atoms with Gasteiger partial charge in [-0.2, -0.15) is 0 Å². The van der Waals surface area contributed by atoms with E-state index in [2.05, 4.69) is 19.2 Å². The molecular formula is C22H28FN3O4. The first kappa shape index (κ1) is 20.7. The molecule has 2 aromatic rings. The van der Waals surface area contributed by atoms with E-state index in [4.69, 9.17) is 4.74 Å². The van der Waals surface area contributed by atoms with Gasteiger partial charge in [0.1, 0.15) is 11.3 Å². The van der Waals surface area contributed by atoms with Gasteiger partial charge in [-0.25, -0.2) is 9.18 Å². The molecule has 2 heterocycles. The minimum atomic E-state index is -1.31. The van der Waals surface area contributed by atoms with Gasteiger partial charge in [0.05, 0.1) is 18.0 Å². The number of carboxylic acid groups (broad SMARTS) is 1. The predicted octanol–water partition coefficient (Wildman–Crippen LogP) is 3.01. The third-order valence-electron chi connectivity index (χ3n) is 6.35. The molecule has 1 saturated heterocycles. The summed E-state index contributed by atoms with van der Waals surface area (Å²) < 4.78 is 22.8. The summed E-state index contributed by atoms with van der Waals surface area (Å²) in [5, 5.41) is 12.9. The molecule has 2 fully saturated rings. The number of anilines is 1. The minimum Gasteiger partial charge on any atom is -0.492 e. The van der Waals surface area contributed by atoms with E-state index in [9.17, 15) is 14.7 Å². The van der Waals surface area contributed by atoms with Gasteiger partial charge >= 0.3 is 5.97 Å². The number of aromatic nitrogens is 1. The lowest BCUT2D eigenvalue weighted by Crippen LogP contribution is -2.35. The van der Waals surface area contributed by atoms with Gasteiger partial charge < -0.3 is 24.6 Å². The Morgan fingerprint density at radius 3 is 2.73 bits per heavy atom. The number of benzene rings is 1. The molecule has 7 nitrogen and oxygen atoms in total. The molecule has 0 spiro atoms. The SMILES string of the molecule is CCNC(C)C1CCN(c2c(F)cc3c(=O)c(C(=O)O)cn(C4CC4)c3c2OC)C1. The highest BCUT2D eigenvalue weighted by atomic mass is 19.1. The highest BCUT2D eigenvalue weighted by Crippen LogP contribution is 2.44. The summed E-state index contributed by atoms with van der Waals surface area (Å²) in [6, 6.07) is 1.60. The molecule has 2 atom stereocenters. The van der Waals surface area contributed by atoms with Crippen LogP contribution in [-0.4, -0.2) is 48.4 Å². The molecule has 1 aromatic carbocycles. The van der Waals surface area contributed by atoms with Crippen molar-refractivity contribution in [1.82, 2.24) is 9.88 Å². The number of hydrogen-bond donors (Lipinski definition) is 2. The summed E-state index contributed by atoms with van der Waals surface area (Å²) in [7, 11) is 1.47. The van der Waals surface area contributed by atoms with Crippen LogP contribution in [0.15, 0.2) is 17.1 Å². The number of carbonyl (C=O) groups is 1. The van der Waals surface area contributed by atoms with E-state index < -0.39 is 17.2 Å². The number of halogens is 1. The summed E-state index contributed by atoms with van der Waals surface area (Å²) in [6.07, 6.45) is 4.09. The molecule has 1 aliphatic carbocycles. The third-order valence-corrected chi connectivity index (χ3v) is 6.35. The van der Waals surface area contributed by atoms with Crippen molar-refractivity contribution >= 4 is 22.6 Å². The standard InChI is InChI=1S/C22H28FN3O4/c1-4-24-12(2)13-7-8-25(10-13)19-17(23)9-15-18(21(19)30-3)26(14-5-6-14)11-16(20(15)27)22(28)29/h9,11-14,24H,4-8,10H2,1-3H3,(H,28,29). The van der Waals surface area contributed by atoms with Crippen molar-refractivity contribution in [3.8, 4) is 5.75 Å². The second-order valence-corrected chi connectivity index (χ2v) is 8.29. The first-order valence-electron chi connectivity index (χ1n) is 10.5. The fraction of sp³-hybridized carbons (Fsp3) is 0.545. The van der Waals surface area contributed by atoms with Gasteiger partial charge in [-0.3, -0.25) is 4.79 Å². The van der Waals surface area contributed by atoms with Crippen molar-refractivity contribution in [3.05, 3.63) is 33.9 Å². The summed E-state index contributed by atoms with van der Waals surface area (Å²) in [4.78, 5) is 26.4. The average molecular weight is 417 g/mol. The van der Waals surface area contributed by atoms with Crippen molar-refractivity contribution in [2.75, 3.05) is 31.6 Å². The lowest BCUT2D eigenvalue weighted by molar-refractivity contribution is 0.0695. The van der Waals surface area contributed by atoms with Gasteiger partial charge in [0, 0.05) is 31.4 Å². The number of fused-ring (bicyclic) bond motifs is 1. The van der Waals surface area contributed by atoms with Crippen LogP contribution in [0.2, 0.25) is 0 Å². The van der Waals surface area contributed by atoms with Gasteiger partial charge in [-0.1, -0.05) is 6.92 Å². The quantitative estimate of drug-likeness (QED) is 0.721. The Kier molecular flexibility index (Phi) is 5.44. The van der Waals surface area contributed by atoms with E-state index in [1.165, 1.54) is 19.4 Å². The molecule has 1 aliphatic heterocycles. The molecule has 8 heteroatoms. The Morgan fingerprint density at radius 1 is 1.40 bits per heavy atom. The molecule has 0 bridgehead atoms. The zero-order chi connectivity index (χ0) is 21.6. The number of hydrogen-bond acceptors (Lipinski definition) is 5. The number of methoxy groups -OCH3 is 1. The van der Waals surface area contributed by atoms with E-state index in [1.807, 2.05) is 4.90 Å². The van der Waals surface area contributed by atoms with Gasteiger partial charge in [-0.15, -0.1) is 0 Å². The minimum absolute atomic E-state index is 0.0525. The van der Waals surface area contributed by atoms with Crippen molar-refractivity contribution < 1.29 is 19.0 Å². The average Bonchev–Trinajstić information content (AvgIpc) is 3.44. The number of pyridine rings is 1. The summed E-state index contributed by atoms with van der Waals surface area (Å²) in [5.41, 5.74) is -0.190. The van der Waals surface area contributed by atoms with Crippen LogP contribution in [0.3, 0.4) is 0 Å². The number of rotatable bonds is 7. The van der Waals surface area contributed by atoms with Crippen molar-refractivity contribution in [2.24, 2.45) is 5.92 Å². The number of nitrogens with one attached hydrogen (secondary N) is 1. The third kappa shape index (κ3) is 3.43. The van der Waals surface area contributed by atoms with Crippen LogP contribution in [-0.2, 0) is 0 Å². The van der Waals surface area contributed by atoms with E-state index in [1.54, 1.807) is 4.57 Å².